The van der Waals surface area contributed by atoms with Gasteiger partial charge in [-0.25, -0.2) is 0 Å². The molecule has 44 heavy (non-hydrogen) atoms. The zero-order chi connectivity index (χ0) is 31.4. The first-order valence-corrected chi connectivity index (χ1v) is 14.7. The molecule has 4 aliphatic rings. The number of nitrogens with zero attached hydrogens (tertiary/aromatic N) is 2. The number of hydrogen-bond acceptors (Lipinski definition) is 7. The molecule has 8 nitrogen and oxygen atoms in total. The van der Waals surface area contributed by atoms with Crippen LogP contribution in [0.1, 0.15) is 42.9 Å². The average Bonchev–Trinajstić information content (AvgIpc) is 3.31. The van der Waals surface area contributed by atoms with Gasteiger partial charge in [-0.2, -0.15) is 0 Å². The molecule has 1 saturated heterocycles. The number of alkyl halides is 3. The van der Waals surface area contributed by atoms with Crippen LogP contribution in [-0.4, -0.2) is 79.1 Å². The molecule has 2 aromatic carbocycles. The molecule has 2 aromatic rings. The first-order valence-electron chi connectivity index (χ1n) is 14.7. The number of piperidine rings is 1. The Labute approximate surface area is 254 Å². The van der Waals surface area contributed by atoms with Crippen LogP contribution in [-0.2, 0) is 26.2 Å². The van der Waals surface area contributed by atoms with Gasteiger partial charge in [-0.1, -0.05) is 24.3 Å². The van der Waals surface area contributed by atoms with E-state index in [0.29, 0.717) is 49.3 Å². The number of rotatable bonds is 8. The Hall–Kier alpha value is -3.99. The topological polar surface area (TPSA) is 77.5 Å². The number of likely N-dealkylation sites (N-methyl/N-ethyl adjacent to an activating group) is 1. The standard InChI is InChI=1S/C33H35F3N2O6/c1-5-16-38-17-15-31-28-22-10-11-25(41-4)29(28)42-30(31)24(13-14-32(31,26(38)19-22)43-20(2)39)37(3)27(40)12-9-21-7-6-8-23(18-21)44-33(34,35)36/h5-12,18,24,26,30H,1,13-17,19H2,2-4H3/b12-9+/t24?,26-,30?,31+,32-/m1/s1. The van der Waals surface area contributed by atoms with Crippen molar-refractivity contribution >= 4 is 18.0 Å². The third kappa shape index (κ3) is 4.63. The highest BCUT2D eigenvalue weighted by Gasteiger charge is 2.75. The minimum absolute atomic E-state index is 0.107. The van der Waals surface area contributed by atoms with E-state index >= 15 is 0 Å². The monoisotopic (exact) mass is 612 g/mol. The molecule has 1 saturated carbocycles. The zero-order valence-corrected chi connectivity index (χ0v) is 24.9. The van der Waals surface area contributed by atoms with Gasteiger partial charge < -0.3 is 23.8 Å². The van der Waals surface area contributed by atoms with Crippen LogP contribution in [0.4, 0.5) is 13.2 Å². The lowest BCUT2D eigenvalue weighted by atomic mass is 9.48. The van der Waals surface area contributed by atoms with Gasteiger partial charge in [-0.15, -0.1) is 19.8 Å². The van der Waals surface area contributed by atoms with Crippen molar-refractivity contribution in [1.82, 2.24) is 9.80 Å². The van der Waals surface area contributed by atoms with E-state index in [-0.39, 0.29) is 29.7 Å². The molecule has 234 valence electrons. The Bertz CT molecular complexity index is 1530. The van der Waals surface area contributed by atoms with Gasteiger partial charge in [0.25, 0.3) is 0 Å². The quantitative estimate of drug-likeness (QED) is 0.235. The Balaban J connectivity index is 1.37. The highest BCUT2D eigenvalue weighted by Crippen LogP contribution is 2.67. The maximum absolute atomic E-state index is 13.6. The van der Waals surface area contributed by atoms with Crippen molar-refractivity contribution in [2.45, 2.75) is 68.2 Å². The third-order valence-corrected chi connectivity index (χ3v) is 9.75. The predicted molar refractivity (Wildman–Crippen MR) is 155 cm³/mol. The summed E-state index contributed by atoms with van der Waals surface area (Å²) in [6, 6.07) is 8.90. The van der Waals surface area contributed by atoms with Crippen LogP contribution < -0.4 is 14.2 Å². The van der Waals surface area contributed by atoms with Crippen LogP contribution in [0.3, 0.4) is 0 Å². The summed E-state index contributed by atoms with van der Waals surface area (Å²) in [6.07, 6.45) is 1.66. The number of hydrogen-bond donors (Lipinski definition) is 0. The lowest BCUT2D eigenvalue weighted by Gasteiger charge is -2.65. The summed E-state index contributed by atoms with van der Waals surface area (Å²) in [4.78, 5) is 30.3. The van der Waals surface area contributed by atoms with Gasteiger partial charge in [0, 0.05) is 38.7 Å². The van der Waals surface area contributed by atoms with Gasteiger partial charge in [-0.3, -0.25) is 14.5 Å². The minimum Gasteiger partial charge on any atom is -0.493 e. The second-order valence-electron chi connectivity index (χ2n) is 11.9. The molecule has 2 unspecified atom stereocenters. The molecule has 2 bridgehead atoms. The van der Waals surface area contributed by atoms with Crippen molar-refractivity contribution in [3.63, 3.8) is 0 Å². The van der Waals surface area contributed by atoms with E-state index in [4.69, 9.17) is 14.2 Å². The largest absolute Gasteiger partial charge is 0.573 e. The molecule has 2 heterocycles. The molecule has 2 aliphatic carbocycles. The summed E-state index contributed by atoms with van der Waals surface area (Å²) in [6.45, 7) is 6.77. The molecular formula is C33H35F3N2O6. The summed E-state index contributed by atoms with van der Waals surface area (Å²) in [7, 11) is 3.29. The maximum Gasteiger partial charge on any atom is 0.573 e. The number of methoxy groups -OCH3 is 1. The lowest BCUT2D eigenvalue weighted by Crippen LogP contribution is -2.79. The smallest absolute Gasteiger partial charge is 0.493 e. The number of benzene rings is 2. The Morgan fingerprint density at radius 1 is 1.23 bits per heavy atom. The van der Waals surface area contributed by atoms with E-state index in [1.165, 1.54) is 37.3 Å². The van der Waals surface area contributed by atoms with E-state index in [9.17, 15) is 22.8 Å². The lowest BCUT2D eigenvalue weighted by molar-refractivity contribution is -0.274. The van der Waals surface area contributed by atoms with Gasteiger partial charge in [0.1, 0.15) is 17.5 Å². The number of esters is 1. The van der Waals surface area contributed by atoms with Crippen molar-refractivity contribution < 1.29 is 41.7 Å². The summed E-state index contributed by atoms with van der Waals surface area (Å²) in [5, 5.41) is 0. The van der Waals surface area contributed by atoms with E-state index in [1.54, 1.807) is 25.1 Å². The van der Waals surface area contributed by atoms with Gasteiger partial charge in [0.2, 0.25) is 5.91 Å². The van der Waals surface area contributed by atoms with Crippen LogP contribution in [0.15, 0.2) is 55.1 Å². The molecule has 2 fully saturated rings. The summed E-state index contributed by atoms with van der Waals surface area (Å²) < 4.78 is 61.1. The molecule has 11 heteroatoms. The summed E-state index contributed by atoms with van der Waals surface area (Å²) >= 11 is 0. The molecule has 2 aliphatic heterocycles. The van der Waals surface area contributed by atoms with Crippen LogP contribution in [0.2, 0.25) is 0 Å². The maximum atomic E-state index is 13.6. The fourth-order valence-electron chi connectivity index (χ4n) is 8.23. The SMILES string of the molecule is C=CCN1CC[C@]23c4c5ccc(OC)c4OC2C(N(C)C(=O)/C=C/c2cccc(OC(F)(F)F)c2)CC[C@@]3(OC(C)=O)[C@H]1C5. The van der Waals surface area contributed by atoms with Crippen LogP contribution >= 0.6 is 0 Å². The van der Waals surface area contributed by atoms with Gasteiger partial charge in [-0.05, 0) is 61.1 Å². The summed E-state index contributed by atoms with van der Waals surface area (Å²) in [5.41, 5.74) is 0.890. The molecule has 0 aromatic heterocycles. The second-order valence-corrected chi connectivity index (χ2v) is 11.9. The Morgan fingerprint density at radius 2 is 2.02 bits per heavy atom. The number of carbonyl (C=O) groups excluding carboxylic acids is 2. The number of amides is 1. The number of carbonyl (C=O) groups is 2. The molecule has 5 atom stereocenters. The van der Waals surface area contributed by atoms with Gasteiger partial charge in [0.15, 0.2) is 11.5 Å². The van der Waals surface area contributed by atoms with E-state index in [1.807, 2.05) is 12.1 Å². The van der Waals surface area contributed by atoms with Crippen molar-refractivity contribution in [2.24, 2.45) is 0 Å². The van der Waals surface area contributed by atoms with Crippen LogP contribution in [0.5, 0.6) is 17.2 Å². The highest BCUT2D eigenvalue weighted by atomic mass is 19.4. The second kappa shape index (κ2) is 10.9. The molecule has 1 spiro atoms. The number of ether oxygens (including phenoxy) is 4. The van der Waals surface area contributed by atoms with Crippen molar-refractivity contribution in [3.8, 4) is 17.2 Å². The fourth-order valence-corrected chi connectivity index (χ4v) is 8.23. The van der Waals surface area contributed by atoms with Crippen LogP contribution in [0, 0.1) is 0 Å². The highest BCUT2D eigenvalue weighted by molar-refractivity contribution is 5.92. The first-order chi connectivity index (χ1) is 20.9. The molecular weight excluding hydrogens is 577 g/mol. The van der Waals surface area contributed by atoms with Crippen molar-refractivity contribution in [3.05, 3.63) is 71.8 Å². The average molecular weight is 613 g/mol. The minimum atomic E-state index is -4.82. The molecule has 6 rings (SSSR count). The van der Waals surface area contributed by atoms with Gasteiger partial charge in [0.05, 0.1) is 24.6 Å². The Morgan fingerprint density at radius 3 is 2.73 bits per heavy atom. The van der Waals surface area contributed by atoms with Gasteiger partial charge >= 0.3 is 12.3 Å². The van der Waals surface area contributed by atoms with E-state index in [2.05, 4.69) is 22.3 Å². The zero-order valence-electron chi connectivity index (χ0n) is 24.9. The van der Waals surface area contributed by atoms with E-state index < -0.39 is 23.5 Å². The fraction of sp³-hybridized carbons (Fsp3) is 0.455. The normalized spacial score (nSPS) is 28.5. The van der Waals surface area contributed by atoms with Crippen molar-refractivity contribution in [2.75, 3.05) is 27.2 Å². The molecule has 0 radical (unpaired) electrons. The van der Waals surface area contributed by atoms with E-state index in [0.717, 1.165) is 17.7 Å². The predicted octanol–water partition coefficient (Wildman–Crippen LogP) is 5.05. The number of likely N-dealkylation sites (tertiary alicyclic amines) is 1. The first kappa shape index (κ1) is 30.1. The Kier molecular flexibility index (Phi) is 7.42. The van der Waals surface area contributed by atoms with Crippen LogP contribution in [0.25, 0.3) is 6.08 Å². The molecule has 0 N–H and O–H groups in total. The summed E-state index contributed by atoms with van der Waals surface area (Å²) in [5.74, 6) is 0.148. The van der Waals surface area contributed by atoms with Crippen molar-refractivity contribution in [1.29, 1.82) is 0 Å². The third-order valence-electron chi connectivity index (χ3n) is 9.75. The number of halogens is 3. The molecule has 1 amide bonds.